The summed E-state index contributed by atoms with van der Waals surface area (Å²) in [4.78, 5) is 20.3. The van der Waals surface area contributed by atoms with Crippen LogP contribution in [0.5, 0.6) is 0 Å². The number of carbonyl (C=O) groups is 1. The summed E-state index contributed by atoms with van der Waals surface area (Å²) in [6.07, 6.45) is -2.70. The Kier molecular flexibility index (Phi) is 9.71. The smallest absolute Gasteiger partial charge is 0.341 e. The van der Waals surface area contributed by atoms with Crippen LogP contribution in [0.4, 0.5) is 26.3 Å². The molecule has 5 rings (SSSR count). The van der Waals surface area contributed by atoms with Crippen molar-refractivity contribution in [2.24, 2.45) is 0 Å². The second-order valence-electron chi connectivity index (χ2n) is 13.2. The van der Waals surface area contributed by atoms with Gasteiger partial charge in [-0.15, -0.1) is 0 Å². The molecule has 3 aliphatic rings. The molecule has 3 fully saturated rings. The van der Waals surface area contributed by atoms with E-state index >= 15 is 0 Å². The largest absolute Gasteiger partial charge is 0.416 e. The molecule has 1 amide bonds. The minimum Gasteiger partial charge on any atom is -0.341 e. The van der Waals surface area contributed by atoms with Crippen LogP contribution in [0.25, 0.3) is 0 Å². The lowest BCUT2D eigenvalue weighted by atomic mass is 9.74. The van der Waals surface area contributed by atoms with Crippen LogP contribution in [0.1, 0.15) is 78.3 Å². The van der Waals surface area contributed by atoms with E-state index in [-0.39, 0.29) is 17.0 Å². The number of hydrogen-bond donors (Lipinski definition) is 0. The highest BCUT2D eigenvalue weighted by atomic mass is 19.4. The van der Waals surface area contributed by atoms with Crippen molar-refractivity contribution in [1.29, 1.82) is 0 Å². The zero-order valence-electron chi connectivity index (χ0n) is 25.7. The van der Waals surface area contributed by atoms with Gasteiger partial charge >= 0.3 is 12.4 Å². The quantitative estimate of drug-likeness (QED) is 0.301. The van der Waals surface area contributed by atoms with Crippen LogP contribution in [-0.2, 0) is 29.0 Å². The number of benzene rings is 2. The maximum Gasteiger partial charge on any atom is 0.416 e. The number of halogens is 6. The van der Waals surface area contributed by atoms with E-state index in [1.165, 1.54) is 37.9 Å². The topological polar surface area (TPSA) is 26.8 Å². The third-order valence-electron chi connectivity index (χ3n) is 10.0. The van der Waals surface area contributed by atoms with Crippen LogP contribution in [0.3, 0.4) is 0 Å². The van der Waals surface area contributed by atoms with Crippen molar-refractivity contribution in [2.45, 2.75) is 89.0 Å². The van der Waals surface area contributed by atoms with Crippen molar-refractivity contribution >= 4 is 5.91 Å². The predicted octanol–water partition coefficient (Wildman–Crippen LogP) is 7.39. The minimum absolute atomic E-state index is 0.102. The summed E-state index contributed by atoms with van der Waals surface area (Å²) in [5.74, 6) is -0.452. The van der Waals surface area contributed by atoms with Crippen LogP contribution in [0, 0.1) is 13.8 Å². The van der Waals surface area contributed by atoms with Gasteiger partial charge in [0.1, 0.15) is 0 Å². The summed E-state index contributed by atoms with van der Waals surface area (Å²) in [7, 11) is 0. The van der Waals surface area contributed by atoms with E-state index in [2.05, 4.69) is 34.9 Å². The van der Waals surface area contributed by atoms with Gasteiger partial charge in [0.05, 0.1) is 17.5 Å². The molecule has 0 saturated carbocycles. The number of amides is 1. The van der Waals surface area contributed by atoms with Gasteiger partial charge in [0.2, 0.25) is 5.91 Å². The van der Waals surface area contributed by atoms with Crippen LogP contribution in [-0.4, -0.2) is 72.5 Å². The van der Waals surface area contributed by atoms with Crippen molar-refractivity contribution in [2.75, 3.05) is 45.8 Å². The number of likely N-dealkylation sites (tertiary alicyclic amines) is 3. The highest BCUT2D eigenvalue weighted by molar-refractivity contribution is 5.79. The standard InChI is InChI=1S/C34H43F6N3O/c1-24-6-7-25(2)30(18-24)32(10-16-41-14-8-29(9-15-41)42-12-4-3-5-13-42)11-17-43(23-32)31(44)21-26-19-27(33(35,36)37)22-28(20-26)34(38,39)40/h6-7,18-20,22,29H,3-5,8-17,21,23H2,1-2H3/t32-/m1/s1. The van der Waals surface area contributed by atoms with Crippen LogP contribution in [0.2, 0.25) is 0 Å². The lowest BCUT2D eigenvalue weighted by Crippen LogP contribution is -2.47. The Morgan fingerprint density at radius 3 is 2.09 bits per heavy atom. The van der Waals surface area contributed by atoms with Crippen molar-refractivity contribution in [3.05, 3.63) is 69.8 Å². The second-order valence-corrected chi connectivity index (χ2v) is 13.2. The van der Waals surface area contributed by atoms with Crippen LogP contribution in [0.15, 0.2) is 36.4 Å². The fourth-order valence-electron chi connectivity index (χ4n) is 7.52. The van der Waals surface area contributed by atoms with E-state index in [0.717, 1.165) is 50.0 Å². The van der Waals surface area contributed by atoms with Gasteiger partial charge < -0.3 is 14.7 Å². The molecule has 1 atom stereocenters. The predicted molar refractivity (Wildman–Crippen MR) is 158 cm³/mol. The molecule has 4 nitrogen and oxygen atoms in total. The molecule has 0 aliphatic carbocycles. The third kappa shape index (κ3) is 7.61. The Hall–Kier alpha value is -2.59. The van der Waals surface area contributed by atoms with Crippen molar-refractivity contribution in [3.63, 3.8) is 0 Å². The Morgan fingerprint density at radius 1 is 0.841 bits per heavy atom. The summed E-state index contributed by atoms with van der Waals surface area (Å²) < 4.78 is 80.5. The van der Waals surface area contributed by atoms with Gasteiger partial charge in [-0.2, -0.15) is 26.3 Å². The molecule has 10 heteroatoms. The first-order valence-electron chi connectivity index (χ1n) is 15.8. The van der Waals surface area contributed by atoms with E-state index in [4.69, 9.17) is 0 Å². The molecular weight excluding hydrogens is 580 g/mol. The van der Waals surface area contributed by atoms with Crippen LogP contribution >= 0.6 is 0 Å². The van der Waals surface area contributed by atoms with Crippen molar-refractivity contribution in [3.8, 4) is 0 Å². The summed E-state index contributed by atoms with van der Waals surface area (Å²) in [5, 5.41) is 0. The molecule has 2 aromatic rings. The van der Waals surface area contributed by atoms with E-state index in [1.54, 1.807) is 4.90 Å². The number of aryl methyl sites for hydroxylation is 2. The zero-order valence-corrected chi connectivity index (χ0v) is 25.7. The number of hydrogen-bond acceptors (Lipinski definition) is 3. The molecule has 3 heterocycles. The second kappa shape index (κ2) is 13.0. The Bertz CT molecular complexity index is 1280. The average molecular weight is 624 g/mol. The Balaban J connectivity index is 1.30. The van der Waals surface area contributed by atoms with E-state index < -0.39 is 35.8 Å². The summed E-state index contributed by atoms with van der Waals surface area (Å²) >= 11 is 0. The van der Waals surface area contributed by atoms with Crippen LogP contribution < -0.4 is 0 Å². The highest BCUT2D eigenvalue weighted by Gasteiger charge is 2.43. The molecule has 0 aromatic heterocycles. The van der Waals surface area contributed by atoms with Gasteiger partial charge in [-0.1, -0.05) is 30.2 Å². The minimum atomic E-state index is -4.95. The Labute approximate surface area is 256 Å². The normalized spacial score (nSPS) is 23.0. The molecule has 2 aromatic carbocycles. The SMILES string of the molecule is Cc1ccc(C)c([C@]2(CCN3CCC(N4CCCCC4)CC3)CCN(C(=O)Cc3cc(C(F)(F)F)cc(C(F)(F)F)c3)C2)c1. The fraction of sp³-hybridized carbons (Fsp3) is 0.618. The number of nitrogens with zero attached hydrogens (tertiary/aromatic N) is 3. The first-order valence-corrected chi connectivity index (χ1v) is 15.8. The Morgan fingerprint density at radius 2 is 1.48 bits per heavy atom. The van der Waals surface area contributed by atoms with E-state index in [1.807, 2.05) is 6.92 Å². The number of carbonyl (C=O) groups excluding carboxylic acids is 1. The van der Waals surface area contributed by atoms with Crippen molar-refractivity contribution in [1.82, 2.24) is 14.7 Å². The first kappa shape index (κ1) is 32.8. The fourth-order valence-corrected chi connectivity index (χ4v) is 7.52. The molecule has 0 unspecified atom stereocenters. The maximum absolute atomic E-state index is 13.4. The molecule has 3 aliphatic heterocycles. The lowest BCUT2D eigenvalue weighted by Gasteiger charge is -2.41. The zero-order chi connectivity index (χ0) is 31.7. The molecule has 3 saturated heterocycles. The molecule has 0 spiro atoms. The summed E-state index contributed by atoms with van der Waals surface area (Å²) in [6.45, 7) is 10.2. The maximum atomic E-state index is 13.4. The third-order valence-corrected chi connectivity index (χ3v) is 10.0. The molecule has 0 N–H and O–H groups in total. The van der Waals surface area contributed by atoms with Crippen molar-refractivity contribution < 1.29 is 31.1 Å². The monoisotopic (exact) mass is 623 g/mol. The van der Waals surface area contributed by atoms with E-state index in [0.29, 0.717) is 37.7 Å². The van der Waals surface area contributed by atoms with Gasteiger partial charge in [0.25, 0.3) is 0 Å². The number of rotatable bonds is 7. The summed E-state index contributed by atoms with van der Waals surface area (Å²) in [6, 6.07) is 8.39. The molecule has 242 valence electrons. The molecule has 44 heavy (non-hydrogen) atoms. The van der Waals surface area contributed by atoms with Gasteiger partial charge in [0.15, 0.2) is 0 Å². The first-order chi connectivity index (χ1) is 20.7. The average Bonchev–Trinajstić information content (AvgIpc) is 3.43. The van der Waals surface area contributed by atoms with Gasteiger partial charge in [-0.3, -0.25) is 4.79 Å². The lowest BCUT2D eigenvalue weighted by molar-refractivity contribution is -0.143. The van der Waals surface area contributed by atoms with Gasteiger partial charge in [-0.05, 0) is 120 Å². The summed E-state index contributed by atoms with van der Waals surface area (Å²) in [5.41, 5.74) is 0.00525. The molecule has 0 bridgehead atoms. The molecular formula is C34H43F6N3O. The van der Waals surface area contributed by atoms with Gasteiger partial charge in [-0.25, -0.2) is 0 Å². The number of alkyl halides is 6. The van der Waals surface area contributed by atoms with E-state index in [9.17, 15) is 31.1 Å². The highest BCUT2D eigenvalue weighted by Crippen LogP contribution is 2.41. The number of piperidine rings is 2. The molecule has 0 radical (unpaired) electrons. The van der Waals surface area contributed by atoms with Gasteiger partial charge in [0, 0.05) is 24.5 Å².